The first-order valence-corrected chi connectivity index (χ1v) is 10.1. The molecule has 3 heterocycles. The molecule has 3 aromatic rings. The lowest BCUT2D eigenvalue weighted by Crippen LogP contribution is -2.36. The second-order valence-corrected chi connectivity index (χ2v) is 7.37. The van der Waals surface area contributed by atoms with Crippen molar-refractivity contribution in [3.05, 3.63) is 72.3 Å². The highest BCUT2D eigenvalue weighted by Gasteiger charge is 2.23. The number of piperidine rings is 1. The number of hydrogen-bond acceptors (Lipinski definition) is 7. The van der Waals surface area contributed by atoms with Crippen molar-refractivity contribution < 1.29 is 4.79 Å². The van der Waals surface area contributed by atoms with Crippen LogP contribution in [0.5, 0.6) is 0 Å². The lowest BCUT2D eigenvalue weighted by Gasteiger charge is -2.33. The van der Waals surface area contributed by atoms with E-state index in [-0.39, 0.29) is 5.91 Å². The van der Waals surface area contributed by atoms with Gasteiger partial charge < -0.3 is 10.6 Å². The van der Waals surface area contributed by atoms with E-state index in [4.69, 9.17) is 5.73 Å². The second kappa shape index (κ2) is 9.21. The van der Waals surface area contributed by atoms with Crippen LogP contribution in [-0.4, -0.2) is 33.9 Å². The van der Waals surface area contributed by atoms with Crippen LogP contribution in [0.4, 0.5) is 17.3 Å². The topological polar surface area (TPSA) is 109 Å². The van der Waals surface area contributed by atoms with E-state index < -0.39 is 0 Å². The van der Waals surface area contributed by atoms with Gasteiger partial charge in [0.15, 0.2) is 11.6 Å². The molecule has 1 aliphatic heterocycles. The molecule has 0 atom stereocenters. The minimum absolute atomic E-state index is 0.304. The number of carbonyl (C=O) groups excluding carboxylic acids is 1. The SMILES string of the molecule is Nc1c(NNC(=O)c2ccccn2)ncnc1N1CCC(Cc2ccccc2)CC1. The number of carbonyl (C=O) groups is 1. The van der Waals surface area contributed by atoms with Crippen molar-refractivity contribution in [2.75, 3.05) is 29.1 Å². The molecule has 154 valence electrons. The number of anilines is 3. The molecule has 1 amide bonds. The predicted molar refractivity (Wildman–Crippen MR) is 117 cm³/mol. The largest absolute Gasteiger partial charge is 0.393 e. The smallest absolute Gasteiger partial charge is 0.288 e. The van der Waals surface area contributed by atoms with Crippen LogP contribution < -0.4 is 21.5 Å². The van der Waals surface area contributed by atoms with Crippen molar-refractivity contribution in [2.45, 2.75) is 19.3 Å². The summed E-state index contributed by atoms with van der Waals surface area (Å²) in [5.41, 5.74) is 13.8. The van der Waals surface area contributed by atoms with Crippen molar-refractivity contribution in [3.63, 3.8) is 0 Å². The van der Waals surface area contributed by atoms with Crippen LogP contribution in [0.15, 0.2) is 61.1 Å². The van der Waals surface area contributed by atoms with E-state index in [9.17, 15) is 4.79 Å². The van der Waals surface area contributed by atoms with Gasteiger partial charge in [0.05, 0.1) is 0 Å². The van der Waals surface area contributed by atoms with E-state index in [1.807, 2.05) is 6.07 Å². The Bertz CT molecular complexity index is 973. The van der Waals surface area contributed by atoms with Crippen LogP contribution in [0.25, 0.3) is 0 Å². The van der Waals surface area contributed by atoms with Gasteiger partial charge in [0.1, 0.15) is 17.7 Å². The maximum absolute atomic E-state index is 12.2. The van der Waals surface area contributed by atoms with Crippen LogP contribution in [0.2, 0.25) is 0 Å². The summed E-state index contributed by atoms with van der Waals surface area (Å²) in [5, 5.41) is 0. The summed E-state index contributed by atoms with van der Waals surface area (Å²) in [5.74, 6) is 1.35. The third kappa shape index (κ3) is 4.65. The number of pyridine rings is 1. The summed E-state index contributed by atoms with van der Waals surface area (Å²) in [6, 6.07) is 15.7. The van der Waals surface area contributed by atoms with E-state index in [2.05, 4.69) is 55.0 Å². The van der Waals surface area contributed by atoms with Crippen LogP contribution in [0.3, 0.4) is 0 Å². The summed E-state index contributed by atoms with van der Waals surface area (Å²) in [4.78, 5) is 26.9. The number of amides is 1. The quantitative estimate of drug-likeness (QED) is 0.543. The van der Waals surface area contributed by atoms with E-state index in [0.717, 1.165) is 32.4 Å². The number of rotatable bonds is 6. The van der Waals surface area contributed by atoms with Gasteiger partial charge in [-0.25, -0.2) is 9.97 Å². The minimum Gasteiger partial charge on any atom is -0.393 e. The Morgan fingerprint density at radius 3 is 2.53 bits per heavy atom. The normalized spacial score (nSPS) is 14.3. The number of benzene rings is 1. The fraction of sp³-hybridized carbons (Fsp3) is 0.273. The molecule has 30 heavy (non-hydrogen) atoms. The zero-order valence-corrected chi connectivity index (χ0v) is 16.7. The molecule has 2 aromatic heterocycles. The number of nitrogens with zero attached hydrogens (tertiary/aromatic N) is 4. The summed E-state index contributed by atoms with van der Waals surface area (Å²) in [6.07, 6.45) is 6.28. The number of nitrogen functional groups attached to an aromatic ring is 1. The Labute approximate surface area is 175 Å². The van der Waals surface area contributed by atoms with E-state index >= 15 is 0 Å². The van der Waals surface area contributed by atoms with E-state index in [1.165, 1.54) is 11.9 Å². The average molecular weight is 403 g/mol. The van der Waals surface area contributed by atoms with Gasteiger partial charge in [0, 0.05) is 19.3 Å². The number of aromatic nitrogens is 3. The van der Waals surface area contributed by atoms with Gasteiger partial charge in [-0.1, -0.05) is 36.4 Å². The molecule has 8 heteroatoms. The molecule has 4 rings (SSSR count). The second-order valence-electron chi connectivity index (χ2n) is 7.37. The minimum atomic E-state index is -0.364. The average Bonchev–Trinajstić information content (AvgIpc) is 2.80. The molecule has 0 bridgehead atoms. The predicted octanol–water partition coefficient (Wildman–Crippen LogP) is 2.67. The van der Waals surface area contributed by atoms with Crippen LogP contribution in [0.1, 0.15) is 28.9 Å². The van der Waals surface area contributed by atoms with Gasteiger partial charge in [0.25, 0.3) is 5.91 Å². The molecule has 0 spiro atoms. The first-order valence-electron chi connectivity index (χ1n) is 10.1. The first kappa shape index (κ1) is 19.6. The van der Waals surface area contributed by atoms with Crippen molar-refractivity contribution in [2.24, 2.45) is 5.92 Å². The molecule has 0 unspecified atom stereocenters. The molecular formula is C22H25N7O. The third-order valence-corrected chi connectivity index (χ3v) is 5.34. The highest BCUT2D eigenvalue weighted by Crippen LogP contribution is 2.30. The zero-order valence-electron chi connectivity index (χ0n) is 16.7. The lowest BCUT2D eigenvalue weighted by molar-refractivity contribution is 0.0957. The van der Waals surface area contributed by atoms with Crippen molar-refractivity contribution in [3.8, 4) is 0 Å². The Morgan fingerprint density at radius 1 is 1.03 bits per heavy atom. The molecule has 0 aliphatic carbocycles. The molecule has 1 aromatic carbocycles. The van der Waals surface area contributed by atoms with Crippen LogP contribution in [-0.2, 0) is 6.42 Å². The molecule has 8 nitrogen and oxygen atoms in total. The van der Waals surface area contributed by atoms with Gasteiger partial charge in [-0.05, 0) is 42.9 Å². The Hall–Kier alpha value is -3.68. The van der Waals surface area contributed by atoms with Crippen molar-refractivity contribution >= 4 is 23.2 Å². The summed E-state index contributed by atoms with van der Waals surface area (Å²) in [6.45, 7) is 1.77. The fourth-order valence-electron chi connectivity index (χ4n) is 3.71. The molecular weight excluding hydrogens is 378 g/mol. The number of nitrogens with two attached hydrogens (primary N) is 1. The molecule has 1 saturated heterocycles. The van der Waals surface area contributed by atoms with Gasteiger partial charge in [-0.15, -0.1) is 0 Å². The molecule has 4 N–H and O–H groups in total. The van der Waals surface area contributed by atoms with Crippen molar-refractivity contribution in [1.82, 2.24) is 20.4 Å². The van der Waals surface area contributed by atoms with Crippen molar-refractivity contribution in [1.29, 1.82) is 0 Å². The summed E-state index contributed by atoms with van der Waals surface area (Å²) in [7, 11) is 0. The molecule has 0 radical (unpaired) electrons. The van der Waals surface area contributed by atoms with Crippen LogP contribution >= 0.6 is 0 Å². The van der Waals surface area contributed by atoms with Crippen LogP contribution in [0, 0.1) is 5.92 Å². The van der Waals surface area contributed by atoms with Gasteiger partial charge in [-0.2, -0.15) is 0 Å². The number of hydrogen-bond donors (Lipinski definition) is 3. The maximum Gasteiger partial charge on any atom is 0.288 e. The molecule has 0 saturated carbocycles. The highest BCUT2D eigenvalue weighted by atomic mass is 16.2. The molecule has 1 fully saturated rings. The lowest BCUT2D eigenvalue weighted by atomic mass is 9.90. The van der Waals surface area contributed by atoms with E-state index in [1.54, 1.807) is 24.4 Å². The van der Waals surface area contributed by atoms with Gasteiger partial charge in [0.2, 0.25) is 0 Å². The highest BCUT2D eigenvalue weighted by molar-refractivity contribution is 5.93. The maximum atomic E-state index is 12.2. The van der Waals surface area contributed by atoms with Gasteiger partial charge >= 0.3 is 0 Å². The monoisotopic (exact) mass is 403 g/mol. The first-order chi connectivity index (χ1) is 14.7. The Balaban J connectivity index is 1.36. The zero-order chi connectivity index (χ0) is 20.8. The number of nitrogens with one attached hydrogen (secondary N) is 2. The summed E-state index contributed by atoms with van der Waals surface area (Å²) >= 11 is 0. The molecule has 1 aliphatic rings. The fourth-order valence-corrected chi connectivity index (χ4v) is 3.71. The number of hydrazine groups is 1. The van der Waals surface area contributed by atoms with Gasteiger partial charge in [-0.3, -0.25) is 20.6 Å². The Morgan fingerprint density at radius 2 is 1.80 bits per heavy atom. The summed E-state index contributed by atoms with van der Waals surface area (Å²) < 4.78 is 0. The standard InChI is InChI=1S/C22H25N7O/c23-19-20(27-28-22(30)18-8-4-5-11-24-18)25-15-26-21(19)29-12-9-17(10-13-29)14-16-6-2-1-3-7-16/h1-8,11,15,17H,9-10,12-14,23H2,(H,28,30)(H,25,26,27). The van der Waals surface area contributed by atoms with E-state index in [0.29, 0.717) is 28.9 Å². The Kier molecular flexibility index (Phi) is 6.03. The third-order valence-electron chi connectivity index (χ3n) is 5.34.